The summed E-state index contributed by atoms with van der Waals surface area (Å²) in [5, 5.41) is 3.15. The van der Waals surface area contributed by atoms with Crippen molar-refractivity contribution in [3.8, 4) is 5.82 Å². The zero-order valence-electron chi connectivity index (χ0n) is 11.3. The van der Waals surface area contributed by atoms with Crippen LogP contribution in [0.15, 0.2) is 24.5 Å². The molecule has 4 nitrogen and oxygen atoms in total. The number of rotatable bonds is 5. The summed E-state index contributed by atoms with van der Waals surface area (Å²) >= 11 is 0. The van der Waals surface area contributed by atoms with Crippen molar-refractivity contribution in [1.82, 2.24) is 19.9 Å². The number of hydrogen-bond donors (Lipinski definition) is 1. The van der Waals surface area contributed by atoms with Crippen molar-refractivity contribution in [2.75, 3.05) is 7.05 Å². The molecular formula is C14H20N4. The number of nitrogens with zero attached hydrogens (tertiary/aromatic N) is 3. The second kappa shape index (κ2) is 5.78. The van der Waals surface area contributed by atoms with Crippen molar-refractivity contribution in [1.29, 1.82) is 0 Å². The highest BCUT2D eigenvalue weighted by atomic mass is 15.1. The first kappa shape index (κ1) is 12.8. The third-order valence-electron chi connectivity index (χ3n) is 2.99. The normalized spacial score (nSPS) is 10.8. The van der Waals surface area contributed by atoms with E-state index in [0.29, 0.717) is 0 Å². The van der Waals surface area contributed by atoms with Gasteiger partial charge in [0.05, 0.1) is 0 Å². The molecule has 0 radical (unpaired) electrons. The maximum absolute atomic E-state index is 4.66. The Balaban J connectivity index is 2.33. The van der Waals surface area contributed by atoms with E-state index in [9.17, 15) is 0 Å². The molecule has 2 rings (SSSR count). The van der Waals surface area contributed by atoms with Crippen molar-refractivity contribution in [2.24, 2.45) is 0 Å². The maximum atomic E-state index is 4.66. The SMILES string of the molecule is CCCc1nccn1-c1ccc(CNC)c(C)n1. The first-order valence-electron chi connectivity index (χ1n) is 6.40. The molecule has 0 aromatic carbocycles. The number of nitrogens with one attached hydrogen (secondary N) is 1. The van der Waals surface area contributed by atoms with Gasteiger partial charge in [0.2, 0.25) is 0 Å². The van der Waals surface area contributed by atoms with E-state index >= 15 is 0 Å². The predicted molar refractivity (Wildman–Crippen MR) is 72.9 cm³/mol. The van der Waals surface area contributed by atoms with Crippen LogP contribution >= 0.6 is 0 Å². The molecule has 0 aliphatic rings. The Morgan fingerprint density at radius 3 is 2.83 bits per heavy atom. The number of aryl methyl sites for hydroxylation is 2. The fraction of sp³-hybridized carbons (Fsp3) is 0.429. The number of aromatic nitrogens is 3. The molecule has 0 aliphatic carbocycles. The lowest BCUT2D eigenvalue weighted by Gasteiger charge is -2.10. The molecule has 0 saturated carbocycles. The predicted octanol–water partition coefficient (Wildman–Crippen LogP) is 2.25. The third-order valence-corrected chi connectivity index (χ3v) is 2.99. The Hall–Kier alpha value is -1.68. The van der Waals surface area contributed by atoms with Crippen LogP contribution in [-0.4, -0.2) is 21.6 Å². The van der Waals surface area contributed by atoms with Crippen LogP contribution in [0.2, 0.25) is 0 Å². The number of pyridine rings is 1. The molecule has 0 spiro atoms. The third kappa shape index (κ3) is 2.59. The van der Waals surface area contributed by atoms with Crippen LogP contribution in [0.5, 0.6) is 0 Å². The molecule has 0 saturated heterocycles. The Kier molecular flexibility index (Phi) is 4.10. The molecule has 0 unspecified atom stereocenters. The highest BCUT2D eigenvalue weighted by molar-refractivity contribution is 5.31. The van der Waals surface area contributed by atoms with Gasteiger partial charge in [0.1, 0.15) is 11.6 Å². The molecule has 0 fully saturated rings. The molecule has 0 bridgehead atoms. The topological polar surface area (TPSA) is 42.7 Å². The molecule has 0 amide bonds. The van der Waals surface area contributed by atoms with Crippen molar-refractivity contribution >= 4 is 0 Å². The van der Waals surface area contributed by atoms with Crippen molar-refractivity contribution in [3.63, 3.8) is 0 Å². The summed E-state index contributed by atoms with van der Waals surface area (Å²) < 4.78 is 2.07. The monoisotopic (exact) mass is 244 g/mol. The van der Waals surface area contributed by atoms with Gasteiger partial charge < -0.3 is 5.32 Å². The molecule has 4 heteroatoms. The van der Waals surface area contributed by atoms with E-state index in [0.717, 1.165) is 36.7 Å². The Morgan fingerprint density at radius 1 is 1.33 bits per heavy atom. The fourth-order valence-corrected chi connectivity index (χ4v) is 2.04. The van der Waals surface area contributed by atoms with E-state index in [1.54, 1.807) is 0 Å². The van der Waals surface area contributed by atoms with Crippen molar-refractivity contribution in [3.05, 3.63) is 41.6 Å². The first-order chi connectivity index (χ1) is 8.76. The van der Waals surface area contributed by atoms with E-state index < -0.39 is 0 Å². The van der Waals surface area contributed by atoms with Crippen molar-refractivity contribution in [2.45, 2.75) is 33.2 Å². The number of imidazole rings is 1. The summed E-state index contributed by atoms with van der Waals surface area (Å²) in [4.78, 5) is 9.04. The molecule has 0 aliphatic heterocycles. The average Bonchev–Trinajstić information content (AvgIpc) is 2.81. The van der Waals surface area contributed by atoms with Crippen molar-refractivity contribution < 1.29 is 0 Å². The lowest BCUT2D eigenvalue weighted by molar-refractivity contribution is 0.781. The van der Waals surface area contributed by atoms with Gasteiger partial charge in [0.15, 0.2) is 0 Å². The Bertz CT molecular complexity index is 516. The van der Waals surface area contributed by atoms with E-state index in [-0.39, 0.29) is 0 Å². The van der Waals surface area contributed by atoms with E-state index in [1.165, 1.54) is 5.56 Å². The summed E-state index contributed by atoms with van der Waals surface area (Å²) in [7, 11) is 1.95. The minimum Gasteiger partial charge on any atom is -0.316 e. The molecule has 0 atom stereocenters. The molecular weight excluding hydrogens is 224 g/mol. The quantitative estimate of drug-likeness (QED) is 0.877. The van der Waals surface area contributed by atoms with Gasteiger partial charge in [-0.1, -0.05) is 13.0 Å². The standard InChI is InChI=1S/C14H20N4/c1-4-5-13-16-8-9-18(13)14-7-6-12(10-15-3)11(2)17-14/h6-9,15H,4-5,10H2,1-3H3. The first-order valence-corrected chi connectivity index (χ1v) is 6.40. The van der Waals surface area contributed by atoms with Crippen LogP contribution in [0, 0.1) is 6.92 Å². The lowest BCUT2D eigenvalue weighted by Crippen LogP contribution is -2.09. The highest BCUT2D eigenvalue weighted by Crippen LogP contribution is 2.13. The molecule has 1 N–H and O–H groups in total. The van der Waals surface area contributed by atoms with E-state index in [4.69, 9.17) is 0 Å². The summed E-state index contributed by atoms with van der Waals surface area (Å²) in [5.74, 6) is 2.03. The van der Waals surface area contributed by atoms with Gasteiger partial charge in [-0.05, 0) is 32.0 Å². The summed E-state index contributed by atoms with van der Waals surface area (Å²) in [5.41, 5.74) is 2.30. The molecule has 2 aromatic rings. The van der Waals surface area contributed by atoms with Gasteiger partial charge in [-0.25, -0.2) is 9.97 Å². The van der Waals surface area contributed by atoms with Gasteiger partial charge in [-0.2, -0.15) is 0 Å². The van der Waals surface area contributed by atoms with Gasteiger partial charge in [0.25, 0.3) is 0 Å². The minimum atomic E-state index is 0.852. The summed E-state index contributed by atoms with van der Waals surface area (Å²) in [6.45, 7) is 5.06. The van der Waals surface area contributed by atoms with E-state index in [1.807, 2.05) is 26.4 Å². The largest absolute Gasteiger partial charge is 0.316 e. The van der Waals surface area contributed by atoms with Crippen LogP contribution < -0.4 is 5.32 Å². The fourth-order valence-electron chi connectivity index (χ4n) is 2.04. The zero-order valence-corrected chi connectivity index (χ0v) is 11.3. The smallest absolute Gasteiger partial charge is 0.138 e. The summed E-state index contributed by atoms with van der Waals surface area (Å²) in [6, 6.07) is 4.18. The van der Waals surface area contributed by atoms with Gasteiger partial charge in [-0.15, -0.1) is 0 Å². The van der Waals surface area contributed by atoms with Crippen LogP contribution in [0.1, 0.15) is 30.4 Å². The second-order valence-corrected chi connectivity index (χ2v) is 4.41. The number of hydrogen-bond acceptors (Lipinski definition) is 3. The minimum absolute atomic E-state index is 0.852. The van der Waals surface area contributed by atoms with Crippen LogP contribution in [-0.2, 0) is 13.0 Å². The lowest BCUT2D eigenvalue weighted by atomic mass is 10.2. The van der Waals surface area contributed by atoms with Gasteiger partial charge in [-0.3, -0.25) is 4.57 Å². The molecule has 18 heavy (non-hydrogen) atoms. The Morgan fingerprint density at radius 2 is 2.17 bits per heavy atom. The van der Waals surface area contributed by atoms with Crippen LogP contribution in [0.3, 0.4) is 0 Å². The molecule has 2 heterocycles. The molecule has 2 aromatic heterocycles. The molecule has 96 valence electrons. The van der Waals surface area contributed by atoms with Crippen LogP contribution in [0.4, 0.5) is 0 Å². The van der Waals surface area contributed by atoms with Gasteiger partial charge in [0, 0.05) is 31.1 Å². The maximum Gasteiger partial charge on any atom is 0.138 e. The van der Waals surface area contributed by atoms with E-state index in [2.05, 4.69) is 38.9 Å². The summed E-state index contributed by atoms with van der Waals surface area (Å²) in [6.07, 6.45) is 5.88. The average molecular weight is 244 g/mol. The highest BCUT2D eigenvalue weighted by Gasteiger charge is 2.07. The zero-order chi connectivity index (χ0) is 13.0. The van der Waals surface area contributed by atoms with Crippen LogP contribution in [0.25, 0.3) is 5.82 Å². The van der Waals surface area contributed by atoms with Gasteiger partial charge >= 0.3 is 0 Å². The Labute approximate surface area is 108 Å². The second-order valence-electron chi connectivity index (χ2n) is 4.41.